The average molecular weight is 325 g/mol. The highest BCUT2D eigenvalue weighted by atomic mass is 35.5. The Morgan fingerprint density at radius 3 is 2.86 bits per heavy atom. The molecule has 1 amide bonds. The van der Waals surface area contributed by atoms with Crippen molar-refractivity contribution >= 4 is 34.7 Å². The Bertz CT molecular complexity index is 644. The standard InChI is InChI=1S/C14H17ClN4OS/c1-4-16-13-12(15)5-10(6-17-13)14(20)19(3)7-11-8-21-9(2)18-11/h5-6,8H,4,7H2,1-3H3,(H,16,17). The zero-order valence-corrected chi connectivity index (χ0v) is 13.8. The Kier molecular flexibility index (Phi) is 5.14. The molecule has 0 saturated carbocycles. The summed E-state index contributed by atoms with van der Waals surface area (Å²) in [6, 6.07) is 1.64. The molecule has 112 valence electrons. The summed E-state index contributed by atoms with van der Waals surface area (Å²) in [5.41, 5.74) is 1.35. The third-order valence-electron chi connectivity index (χ3n) is 2.84. The summed E-state index contributed by atoms with van der Waals surface area (Å²) in [4.78, 5) is 22.5. The van der Waals surface area contributed by atoms with Gasteiger partial charge < -0.3 is 10.2 Å². The number of anilines is 1. The average Bonchev–Trinajstić information content (AvgIpc) is 2.85. The number of carbonyl (C=O) groups is 1. The first-order valence-corrected chi connectivity index (χ1v) is 7.83. The monoisotopic (exact) mass is 324 g/mol. The van der Waals surface area contributed by atoms with E-state index >= 15 is 0 Å². The van der Waals surface area contributed by atoms with Crippen molar-refractivity contribution in [3.63, 3.8) is 0 Å². The zero-order chi connectivity index (χ0) is 15.4. The second kappa shape index (κ2) is 6.87. The molecule has 2 heterocycles. The molecule has 0 aliphatic carbocycles. The van der Waals surface area contributed by atoms with E-state index in [1.54, 1.807) is 29.4 Å². The van der Waals surface area contributed by atoms with E-state index in [-0.39, 0.29) is 5.91 Å². The highest BCUT2D eigenvalue weighted by Gasteiger charge is 2.15. The number of aromatic nitrogens is 2. The molecule has 2 aromatic rings. The van der Waals surface area contributed by atoms with Gasteiger partial charge in [0.25, 0.3) is 5.91 Å². The van der Waals surface area contributed by atoms with E-state index in [2.05, 4.69) is 15.3 Å². The van der Waals surface area contributed by atoms with E-state index < -0.39 is 0 Å². The Hall–Kier alpha value is -1.66. The van der Waals surface area contributed by atoms with Crippen LogP contribution in [0.1, 0.15) is 28.0 Å². The summed E-state index contributed by atoms with van der Waals surface area (Å²) < 4.78 is 0. The van der Waals surface area contributed by atoms with Crippen LogP contribution in [-0.2, 0) is 6.54 Å². The number of thiazole rings is 1. The van der Waals surface area contributed by atoms with Gasteiger partial charge in [0, 0.05) is 25.2 Å². The topological polar surface area (TPSA) is 58.1 Å². The maximum atomic E-state index is 12.4. The molecule has 0 radical (unpaired) electrons. The van der Waals surface area contributed by atoms with Crippen molar-refractivity contribution in [3.8, 4) is 0 Å². The van der Waals surface area contributed by atoms with E-state index in [0.29, 0.717) is 22.9 Å². The van der Waals surface area contributed by atoms with Gasteiger partial charge in [-0.3, -0.25) is 4.79 Å². The van der Waals surface area contributed by atoms with Crippen molar-refractivity contribution in [1.29, 1.82) is 0 Å². The number of carbonyl (C=O) groups excluding carboxylic acids is 1. The number of hydrogen-bond donors (Lipinski definition) is 1. The Morgan fingerprint density at radius 2 is 2.29 bits per heavy atom. The molecule has 7 heteroatoms. The largest absolute Gasteiger partial charge is 0.369 e. The van der Waals surface area contributed by atoms with Crippen LogP contribution < -0.4 is 5.32 Å². The molecule has 5 nitrogen and oxygen atoms in total. The van der Waals surface area contributed by atoms with Gasteiger partial charge in [0.2, 0.25) is 0 Å². The first-order valence-electron chi connectivity index (χ1n) is 6.57. The minimum Gasteiger partial charge on any atom is -0.369 e. The van der Waals surface area contributed by atoms with Crippen LogP contribution in [0.4, 0.5) is 5.82 Å². The van der Waals surface area contributed by atoms with Gasteiger partial charge in [-0.25, -0.2) is 9.97 Å². The smallest absolute Gasteiger partial charge is 0.255 e. The molecule has 0 fully saturated rings. The van der Waals surface area contributed by atoms with E-state index in [0.717, 1.165) is 17.2 Å². The van der Waals surface area contributed by atoms with Crippen molar-refractivity contribution in [3.05, 3.63) is 38.9 Å². The van der Waals surface area contributed by atoms with Gasteiger partial charge in [0.1, 0.15) is 5.82 Å². The predicted molar refractivity (Wildman–Crippen MR) is 86.1 cm³/mol. The maximum Gasteiger partial charge on any atom is 0.255 e. The lowest BCUT2D eigenvalue weighted by Gasteiger charge is -2.16. The first kappa shape index (κ1) is 15.7. The lowest BCUT2D eigenvalue weighted by atomic mass is 10.2. The zero-order valence-electron chi connectivity index (χ0n) is 12.2. The van der Waals surface area contributed by atoms with E-state index in [1.807, 2.05) is 19.2 Å². The Morgan fingerprint density at radius 1 is 1.52 bits per heavy atom. The van der Waals surface area contributed by atoms with Crippen LogP contribution in [0.2, 0.25) is 5.02 Å². The number of aryl methyl sites for hydroxylation is 1. The highest BCUT2D eigenvalue weighted by molar-refractivity contribution is 7.09. The fourth-order valence-corrected chi connectivity index (χ4v) is 2.71. The molecule has 0 saturated heterocycles. The van der Waals surface area contributed by atoms with E-state index in [4.69, 9.17) is 11.6 Å². The fraction of sp³-hybridized carbons (Fsp3) is 0.357. The highest BCUT2D eigenvalue weighted by Crippen LogP contribution is 2.21. The Balaban J connectivity index is 2.10. The normalized spacial score (nSPS) is 10.5. The van der Waals surface area contributed by atoms with Crippen LogP contribution >= 0.6 is 22.9 Å². The molecular formula is C14H17ClN4OS. The molecule has 0 aromatic carbocycles. The SMILES string of the molecule is CCNc1ncc(C(=O)N(C)Cc2csc(C)n2)cc1Cl. The molecule has 2 rings (SSSR count). The second-order valence-corrected chi connectivity index (χ2v) is 6.07. The van der Waals surface area contributed by atoms with Crippen LogP contribution in [-0.4, -0.2) is 34.4 Å². The summed E-state index contributed by atoms with van der Waals surface area (Å²) in [6.45, 7) is 5.10. The van der Waals surface area contributed by atoms with Crippen LogP contribution in [0.25, 0.3) is 0 Å². The minimum absolute atomic E-state index is 0.127. The number of nitrogens with zero attached hydrogens (tertiary/aromatic N) is 3. The number of nitrogens with one attached hydrogen (secondary N) is 1. The summed E-state index contributed by atoms with van der Waals surface area (Å²) in [7, 11) is 1.74. The molecule has 0 bridgehead atoms. The second-order valence-electron chi connectivity index (χ2n) is 4.60. The lowest BCUT2D eigenvalue weighted by Crippen LogP contribution is -2.26. The van der Waals surface area contributed by atoms with E-state index in [9.17, 15) is 4.79 Å². The van der Waals surface area contributed by atoms with Crippen molar-refractivity contribution in [1.82, 2.24) is 14.9 Å². The molecule has 0 aliphatic heterocycles. The summed E-state index contributed by atoms with van der Waals surface area (Å²) in [5, 5.41) is 6.43. The molecule has 21 heavy (non-hydrogen) atoms. The molecule has 1 N–H and O–H groups in total. The molecular weight excluding hydrogens is 308 g/mol. The van der Waals surface area contributed by atoms with Gasteiger partial charge in [-0.2, -0.15) is 0 Å². The lowest BCUT2D eigenvalue weighted by molar-refractivity contribution is 0.0783. The third-order valence-corrected chi connectivity index (χ3v) is 3.96. The van der Waals surface area contributed by atoms with Gasteiger partial charge in [0.15, 0.2) is 0 Å². The van der Waals surface area contributed by atoms with Crippen molar-refractivity contribution in [2.45, 2.75) is 20.4 Å². The number of halogens is 1. The number of rotatable bonds is 5. The van der Waals surface area contributed by atoms with Gasteiger partial charge >= 0.3 is 0 Å². The van der Waals surface area contributed by atoms with Crippen LogP contribution in [0.5, 0.6) is 0 Å². The van der Waals surface area contributed by atoms with Crippen LogP contribution in [0.3, 0.4) is 0 Å². The van der Waals surface area contributed by atoms with Gasteiger partial charge in [-0.15, -0.1) is 11.3 Å². The third kappa shape index (κ3) is 3.92. The van der Waals surface area contributed by atoms with E-state index in [1.165, 1.54) is 6.20 Å². The Labute approximate surface area is 133 Å². The summed E-state index contributed by atoms with van der Waals surface area (Å²) in [6.07, 6.45) is 1.54. The van der Waals surface area contributed by atoms with Gasteiger partial charge in [-0.1, -0.05) is 11.6 Å². The summed E-state index contributed by atoms with van der Waals surface area (Å²) >= 11 is 7.69. The quantitative estimate of drug-likeness (QED) is 0.917. The van der Waals surface area contributed by atoms with Crippen LogP contribution in [0, 0.1) is 6.92 Å². The predicted octanol–water partition coefficient (Wildman–Crippen LogP) is 3.20. The minimum atomic E-state index is -0.127. The molecule has 0 atom stereocenters. The van der Waals surface area contributed by atoms with Crippen molar-refractivity contribution < 1.29 is 4.79 Å². The van der Waals surface area contributed by atoms with Gasteiger partial charge in [-0.05, 0) is 19.9 Å². The number of amides is 1. The molecule has 0 unspecified atom stereocenters. The molecule has 0 spiro atoms. The molecule has 0 aliphatic rings. The van der Waals surface area contributed by atoms with Crippen molar-refractivity contribution in [2.24, 2.45) is 0 Å². The first-order chi connectivity index (χ1) is 10.0. The fourth-order valence-electron chi connectivity index (χ4n) is 1.87. The number of hydrogen-bond acceptors (Lipinski definition) is 5. The number of pyridine rings is 1. The van der Waals surface area contributed by atoms with Crippen molar-refractivity contribution in [2.75, 3.05) is 18.9 Å². The van der Waals surface area contributed by atoms with Crippen LogP contribution in [0.15, 0.2) is 17.6 Å². The summed E-state index contributed by atoms with van der Waals surface area (Å²) in [5.74, 6) is 0.464. The maximum absolute atomic E-state index is 12.4. The molecule has 2 aromatic heterocycles. The van der Waals surface area contributed by atoms with Gasteiger partial charge in [0.05, 0.1) is 27.8 Å².